The molecule has 1 heterocycles. The molecule has 3 N–H and O–H groups in total. The molecule has 2 amide bonds. The third-order valence-electron chi connectivity index (χ3n) is 3.41. The maximum Gasteiger partial charge on any atom is 0.240 e. The minimum absolute atomic E-state index is 0.000157. The number of amides is 2. The van der Waals surface area contributed by atoms with Gasteiger partial charge in [0.1, 0.15) is 6.54 Å². The number of carbonyl (C=O) groups excluding carboxylic acids is 2. The minimum atomic E-state index is -0.120. The molecule has 0 aliphatic carbocycles. The zero-order valence-electron chi connectivity index (χ0n) is 11.8. The summed E-state index contributed by atoms with van der Waals surface area (Å²) in [5.74, 6) is -0.120. The number of hydrogen-bond acceptors (Lipinski definition) is 3. The Balaban J connectivity index is 2.21. The summed E-state index contributed by atoms with van der Waals surface area (Å²) in [4.78, 5) is 25.6. The smallest absolute Gasteiger partial charge is 0.240 e. The van der Waals surface area contributed by atoms with Crippen LogP contribution in [0.5, 0.6) is 0 Å². The first-order chi connectivity index (χ1) is 9.61. The Morgan fingerprint density at radius 1 is 1.40 bits per heavy atom. The summed E-state index contributed by atoms with van der Waals surface area (Å²) in [5, 5.41) is 2.81. The lowest BCUT2D eigenvalue weighted by Gasteiger charge is -2.22. The highest BCUT2D eigenvalue weighted by Crippen LogP contribution is 2.28. The monoisotopic (exact) mass is 275 g/mol. The molecule has 0 fully saturated rings. The van der Waals surface area contributed by atoms with E-state index >= 15 is 0 Å². The topological polar surface area (TPSA) is 75.4 Å². The lowest BCUT2D eigenvalue weighted by molar-refractivity contribution is -0.123. The van der Waals surface area contributed by atoms with Crippen molar-refractivity contribution in [2.45, 2.75) is 32.6 Å². The number of nitrogens with one attached hydrogen (secondary N) is 1. The molecule has 0 saturated heterocycles. The summed E-state index contributed by atoms with van der Waals surface area (Å²) in [7, 11) is 0. The third kappa shape index (κ3) is 3.29. The van der Waals surface area contributed by atoms with Crippen LogP contribution in [0.25, 0.3) is 0 Å². The maximum atomic E-state index is 12.2. The molecule has 0 unspecified atom stereocenters. The largest absolute Gasteiger partial charge is 0.399 e. The first-order valence-corrected chi connectivity index (χ1v) is 7.07. The van der Waals surface area contributed by atoms with E-state index in [2.05, 4.69) is 5.32 Å². The number of nitrogen functional groups attached to an aromatic ring is 1. The minimum Gasteiger partial charge on any atom is -0.399 e. The number of fused-ring (bicyclic) bond motifs is 1. The summed E-state index contributed by atoms with van der Waals surface area (Å²) in [6, 6.07) is 5.50. The van der Waals surface area contributed by atoms with Gasteiger partial charge in [0.15, 0.2) is 0 Å². The van der Waals surface area contributed by atoms with Crippen LogP contribution in [0, 0.1) is 0 Å². The second-order valence-electron chi connectivity index (χ2n) is 5.07. The summed E-state index contributed by atoms with van der Waals surface area (Å²) in [5.41, 5.74) is 8.34. The fourth-order valence-electron chi connectivity index (χ4n) is 2.41. The number of carbonyl (C=O) groups is 2. The number of nitrogens with zero attached hydrogens (tertiary/aromatic N) is 1. The number of rotatable bonds is 4. The maximum absolute atomic E-state index is 12.2. The van der Waals surface area contributed by atoms with Crippen molar-refractivity contribution in [3.8, 4) is 0 Å². The summed E-state index contributed by atoms with van der Waals surface area (Å²) >= 11 is 0. The van der Waals surface area contributed by atoms with E-state index in [-0.39, 0.29) is 18.4 Å². The predicted octanol–water partition coefficient (Wildman–Crippen LogP) is 1.46. The number of nitrogens with two attached hydrogens (primary N) is 1. The SMILES string of the molecule is CCCNC(=O)CN1C(=O)CCCc2cc(N)ccc21. The average Bonchev–Trinajstić information content (AvgIpc) is 2.56. The van der Waals surface area contributed by atoms with Gasteiger partial charge in [-0.25, -0.2) is 0 Å². The van der Waals surface area contributed by atoms with E-state index in [1.807, 2.05) is 19.1 Å². The molecular formula is C15H21N3O2. The van der Waals surface area contributed by atoms with Crippen molar-refractivity contribution in [2.75, 3.05) is 23.7 Å². The predicted molar refractivity (Wildman–Crippen MR) is 79.4 cm³/mol. The average molecular weight is 275 g/mol. The second-order valence-corrected chi connectivity index (χ2v) is 5.07. The second kappa shape index (κ2) is 6.41. The molecule has 1 aromatic rings. The van der Waals surface area contributed by atoms with Crippen LogP contribution in [-0.4, -0.2) is 24.9 Å². The molecule has 0 spiro atoms. The Bertz CT molecular complexity index is 514. The van der Waals surface area contributed by atoms with Gasteiger partial charge >= 0.3 is 0 Å². The zero-order chi connectivity index (χ0) is 14.5. The highest BCUT2D eigenvalue weighted by Gasteiger charge is 2.24. The molecule has 0 atom stereocenters. The number of hydrogen-bond donors (Lipinski definition) is 2. The van der Waals surface area contributed by atoms with E-state index in [4.69, 9.17) is 5.73 Å². The van der Waals surface area contributed by atoms with Crippen LogP contribution < -0.4 is 16.0 Å². The Kier molecular flexibility index (Phi) is 4.61. The summed E-state index contributed by atoms with van der Waals surface area (Å²) in [6.45, 7) is 2.71. The van der Waals surface area contributed by atoms with Crippen LogP contribution in [0.3, 0.4) is 0 Å². The highest BCUT2D eigenvalue weighted by atomic mass is 16.2. The lowest BCUT2D eigenvalue weighted by atomic mass is 10.1. The number of aryl methyl sites for hydroxylation is 1. The first kappa shape index (κ1) is 14.4. The molecule has 0 bridgehead atoms. The van der Waals surface area contributed by atoms with Crippen LogP contribution in [0.15, 0.2) is 18.2 Å². The van der Waals surface area contributed by atoms with Crippen molar-refractivity contribution >= 4 is 23.2 Å². The van der Waals surface area contributed by atoms with Crippen LogP contribution in [0.2, 0.25) is 0 Å². The molecule has 1 aliphatic rings. The molecule has 108 valence electrons. The van der Waals surface area contributed by atoms with Crippen LogP contribution in [0.1, 0.15) is 31.7 Å². The molecule has 0 radical (unpaired) electrons. The standard InChI is InChI=1S/C15H21N3O2/c1-2-8-17-14(19)10-18-13-7-6-12(16)9-11(13)4-3-5-15(18)20/h6-7,9H,2-5,8,10,16H2,1H3,(H,17,19). The van der Waals surface area contributed by atoms with Crippen molar-refractivity contribution < 1.29 is 9.59 Å². The quantitative estimate of drug-likeness (QED) is 0.817. The van der Waals surface area contributed by atoms with E-state index in [0.29, 0.717) is 18.7 Å². The van der Waals surface area contributed by atoms with E-state index < -0.39 is 0 Å². The van der Waals surface area contributed by atoms with Gasteiger partial charge in [-0.2, -0.15) is 0 Å². The Hall–Kier alpha value is -2.04. The Morgan fingerprint density at radius 3 is 2.95 bits per heavy atom. The van der Waals surface area contributed by atoms with Gasteiger partial charge in [0.25, 0.3) is 0 Å². The summed E-state index contributed by atoms with van der Waals surface area (Å²) in [6.07, 6.45) is 2.96. The van der Waals surface area contributed by atoms with Crippen molar-refractivity contribution in [2.24, 2.45) is 0 Å². The highest BCUT2D eigenvalue weighted by molar-refractivity contribution is 6.00. The molecular weight excluding hydrogens is 254 g/mol. The molecule has 5 nitrogen and oxygen atoms in total. The normalized spacial score (nSPS) is 14.7. The molecule has 20 heavy (non-hydrogen) atoms. The van der Waals surface area contributed by atoms with Gasteiger partial charge in [0.05, 0.1) is 0 Å². The van der Waals surface area contributed by atoms with Gasteiger partial charge in [-0.1, -0.05) is 6.92 Å². The lowest BCUT2D eigenvalue weighted by Crippen LogP contribution is -2.40. The van der Waals surface area contributed by atoms with Crippen molar-refractivity contribution in [3.05, 3.63) is 23.8 Å². The summed E-state index contributed by atoms with van der Waals surface area (Å²) < 4.78 is 0. The third-order valence-corrected chi connectivity index (χ3v) is 3.41. The molecule has 1 aliphatic heterocycles. The fourth-order valence-corrected chi connectivity index (χ4v) is 2.41. The van der Waals surface area contributed by atoms with Gasteiger partial charge in [-0.05, 0) is 43.0 Å². The van der Waals surface area contributed by atoms with E-state index in [9.17, 15) is 9.59 Å². The van der Waals surface area contributed by atoms with Crippen molar-refractivity contribution in [1.82, 2.24) is 5.32 Å². The van der Waals surface area contributed by atoms with E-state index in [1.165, 1.54) is 0 Å². The fraction of sp³-hybridized carbons (Fsp3) is 0.467. The van der Waals surface area contributed by atoms with Gasteiger partial charge in [-0.15, -0.1) is 0 Å². The van der Waals surface area contributed by atoms with Crippen LogP contribution >= 0.6 is 0 Å². The van der Waals surface area contributed by atoms with Gasteiger partial charge in [0.2, 0.25) is 11.8 Å². The number of anilines is 2. The first-order valence-electron chi connectivity index (χ1n) is 7.07. The molecule has 0 saturated carbocycles. The van der Waals surface area contributed by atoms with Crippen molar-refractivity contribution in [3.63, 3.8) is 0 Å². The Labute approximate surface area is 119 Å². The van der Waals surface area contributed by atoms with E-state index in [1.54, 1.807) is 11.0 Å². The molecule has 2 rings (SSSR count). The molecule has 5 heteroatoms. The Morgan fingerprint density at radius 2 is 2.20 bits per heavy atom. The van der Waals surface area contributed by atoms with Crippen LogP contribution in [-0.2, 0) is 16.0 Å². The van der Waals surface area contributed by atoms with Gasteiger partial charge in [0, 0.05) is 24.3 Å². The van der Waals surface area contributed by atoms with Crippen molar-refractivity contribution in [1.29, 1.82) is 0 Å². The van der Waals surface area contributed by atoms with E-state index in [0.717, 1.165) is 30.5 Å². The van der Waals surface area contributed by atoms with Gasteiger partial charge < -0.3 is 16.0 Å². The molecule has 1 aromatic carbocycles. The van der Waals surface area contributed by atoms with Crippen LogP contribution in [0.4, 0.5) is 11.4 Å². The number of benzene rings is 1. The molecule has 0 aromatic heterocycles. The zero-order valence-corrected chi connectivity index (χ0v) is 11.8. The van der Waals surface area contributed by atoms with Gasteiger partial charge in [-0.3, -0.25) is 9.59 Å².